The Morgan fingerprint density at radius 2 is 1.78 bits per heavy atom. The van der Waals surface area contributed by atoms with Gasteiger partial charge in [-0.25, -0.2) is 0 Å². The average molecular weight is 256 g/mol. The van der Waals surface area contributed by atoms with E-state index < -0.39 is 11.4 Å². The highest BCUT2D eigenvalue weighted by Crippen LogP contribution is 2.32. The molecule has 0 saturated carbocycles. The van der Waals surface area contributed by atoms with Crippen LogP contribution in [0, 0.1) is 5.41 Å². The molecule has 1 aliphatic rings. The first-order valence-electron chi connectivity index (χ1n) is 6.72. The minimum atomic E-state index is -0.906. The summed E-state index contributed by atoms with van der Waals surface area (Å²) in [5, 5.41) is 9.32. The van der Waals surface area contributed by atoms with E-state index in [1.54, 1.807) is 4.90 Å². The van der Waals surface area contributed by atoms with Gasteiger partial charge < -0.3 is 15.7 Å². The molecule has 0 aromatic rings. The zero-order chi connectivity index (χ0) is 13.8. The number of piperidine rings is 1. The van der Waals surface area contributed by atoms with Crippen LogP contribution in [0.1, 0.15) is 46.0 Å². The molecule has 0 aromatic heterocycles. The van der Waals surface area contributed by atoms with Crippen molar-refractivity contribution in [2.45, 2.75) is 52.0 Å². The summed E-state index contributed by atoms with van der Waals surface area (Å²) < 4.78 is 0. The smallest absolute Gasteiger partial charge is 0.310 e. The number of carboxylic acids is 1. The third-order valence-corrected chi connectivity index (χ3v) is 4.19. The Hall–Kier alpha value is -1.10. The van der Waals surface area contributed by atoms with E-state index in [0.717, 1.165) is 12.8 Å². The standard InChI is InChI=1S/C13H24N2O3/c1-3-13(4-2,12(17)18)9-11(16)15-7-5-10(14)6-8-15/h10H,3-9,14H2,1-2H3,(H,17,18). The van der Waals surface area contributed by atoms with Gasteiger partial charge in [0.15, 0.2) is 0 Å². The molecular weight excluding hydrogens is 232 g/mol. The average Bonchev–Trinajstić information content (AvgIpc) is 2.36. The predicted molar refractivity (Wildman–Crippen MR) is 69.1 cm³/mol. The van der Waals surface area contributed by atoms with Gasteiger partial charge in [-0.1, -0.05) is 13.8 Å². The number of hydrogen-bond acceptors (Lipinski definition) is 3. The summed E-state index contributed by atoms with van der Waals surface area (Å²) in [6.07, 6.45) is 2.69. The van der Waals surface area contributed by atoms with Gasteiger partial charge in [-0.3, -0.25) is 9.59 Å². The Morgan fingerprint density at radius 1 is 1.28 bits per heavy atom. The summed E-state index contributed by atoms with van der Waals surface area (Å²) >= 11 is 0. The number of nitrogens with zero attached hydrogens (tertiary/aromatic N) is 1. The van der Waals surface area contributed by atoms with Gasteiger partial charge in [0.05, 0.1) is 5.41 Å². The molecule has 0 spiro atoms. The Morgan fingerprint density at radius 3 is 2.17 bits per heavy atom. The third-order valence-electron chi connectivity index (χ3n) is 4.19. The van der Waals surface area contributed by atoms with Crippen molar-refractivity contribution in [1.82, 2.24) is 4.90 Å². The number of nitrogens with two attached hydrogens (primary N) is 1. The molecule has 5 nitrogen and oxygen atoms in total. The Bertz CT molecular complexity index is 305. The molecule has 104 valence electrons. The summed E-state index contributed by atoms with van der Waals surface area (Å²) in [5.74, 6) is -0.914. The molecule has 1 fully saturated rings. The van der Waals surface area contributed by atoms with Crippen molar-refractivity contribution in [3.63, 3.8) is 0 Å². The molecule has 5 heteroatoms. The normalized spacial score (nSPS) is 17.8. The van der Waals surface area contributed by atoms with E-state index in [1.807, 2.05) is 13.8 Å². The number of rotatable bonds is 5. The maximum atomic E-state index is 12.2. The van der Waals surface area contributed by atoms with Crippen molar-refractivity contribution in [1.29, 1.82) is 0 Å². The monoisotopic (exact) mass is 256 g/mol. The molecule has 1 amide bonds. The first-order valence-corrected chi connectivity index (χ1v) is 6.72. The summed E-state index contributed by atoms with van der Waals surface area (Å²) in [4.78, 5) is 25.3. The van der Waals surface area contributed by atoms with Gasteiger partial charge in [0.1, 0.15) is 0 Å². The van der Waals surface area contributed by atoms with Crippen LogP contribution in [-0.4, -0.2) is 41.0 Å². The lowest BCUT2D eigenvalue weighted by Crippen LogP contribution is -2.45. The van der Waals surface area contributed by atoms with Crippen molar-refractivity contribution >= 4 is 11.9 Å². The largest absolute Gasteiger partial charge is 0.481 e. The molecule has 1 heterocycles. The van der Waals surface area contributed by atoms with Crippen LogP contribution in [0.25, 0.3) is 0 Å². The zero-order valence-electron chi connectivity index (χ0n) is 11.3. The molecule has 1 rings (SSSR count). The van der Waals surface area contributed by atoms with Crippen molar-refractivity contribution in [3.8, 4) is 0 Å². The van der Waals surface area contributed by atoms with Crippen molar-refractivity contribution in [2.75, 3.05) is 13.1 Å². The van der Waals surface area contributed by atoms with Crippen LogP contribution in [0.2, 0.25) is 0 Å². The first-order chi connectivity index (χ1) is 8.45. The summed E-state index contributed by atoms with van der Waals surface area (Å²) in [6, 6.07) is 0.177. The van der Waals surface area contributed by atoms with E-state index in [1.165, 1.54) is 0 Å². The minimum Gasteiger partial charge on any atom is -0.481 e. The van der Waals surface area contributed by atoms with Crippen LogP contribution in [0.5, 0.6) is 0 Å². The fraction of sp³-hybridized carbons (Fsp3) is 0.846. The second-order valence-electron chi connectivity index (χ2n) is 5.19. The van der Waals surface area contributed by atoms with Crippen molar-refractivity contribution in [2.24, 2.45) is 11.1 Å². The molecular formula is C13H24N2O3. The topological polar surface area (TPSA) is 83.6 Å². The lowest BCUT2D eigenvalue weighted by molar-refractivity contribution is -0.154. The summed E-state index contributed by atoms with van der Waals surface area (Å²) in [7, 11) is 0. The molecule has 0 radical (unpaired) electrons. The van der Waals surface area contributed by atoms with Crippen LogP contribution < -0.4 is 5.73 Å². The van der Waals surface area contributed by atoms with Crippen LogP contribution in [-0.2, 0) is 9.59 Å². The Balaban J connectivity index is 2.64. The number of carboxylic acid groups (broad SMARTS) is 1. The van der Waals surface area contributed by atoms with Gasteiger partial charge in [-0.2, -0.15) is 0 Å². The number of aliphatic carboxylic acids is 1. The van der Waals surface area contributed by atoms with Crippen LogP contribution >= 0.6 is 0 Å². The Labute approximate surface area is 108 Å². The maximum Gasteiger partial charge on any atom is 0.310 e. The van der Waals surface area contributed by atoms with Gasteiger partial charge in [0.2, 0.25) is 5.91 Å². The Kier molecular flexibility index (Phi) is 5.14. The van der Waals surface area contributed by atoms with E-state index in [-0.39, 0.29) is 18.4 Å². The van der Waals surface area contributed by atoms with Gasteiger partial charge in [-0.15, -0.1) is 0 Å². The lowest BCUT2D eigenvalue weighted by atomic mass is 9.78. The summed E-state index contributed by atoms with van der Waals surface area (Å²) in [5.41, 5.74) is 4.89. The van der Waals surface area contributed by atoms with Crippen LogP contribution in [0.15, 0.2) is 0 Å². The molecule has 1 saturated heterocycles. The quantitative estimate of drug-likeness (QED) is 0.774. The predicted octanol–water partition coefficient (Wildman–Crippen LogP) is 1.22. The zero-order valence-corrected chi connectivity index (χ0v) is 11.3. The van der Waals surface area contributed by atoms with E-state index in [9.17, 15) is 14.7 Å². The molecule has 0 bridgehead atoms. The first kappa shape index (κ1) is 15.0. The minimum absolute atomic E-state index is 0.0481. The van der Waals surface area contributed by atoms with E-state index in [4.69, 9.17) is 5.73 Å². The number of hydrogen-bond donors (Lipinski definition) is 2. The molecule has 3 N–H and O–H groups in total. The second-order valence-corrected chi connectivity index (χ2v) is 5.19. The SMILES string of the molecule is CCC(CC)(CC(=O)N1CCC(N)CC1)C(=O)O. The summed E-state index contributed by atoms with van der Waals surface area (Å²) in [6.45, 7) is 4.97. The van der Waals surface area contributed by atoms with Gasteiger partial charge in [0.25, 0.3) is 0 Å². The fourth-order valence-electron chi connectivity index (χ4n) is 2.43. The molecule has 0 aliphatic carbocycles. The van der Waals surface area contributed by atoms with E-state index in [0.29, 0.717) is 25.9 Å². The maximum absolute atomic E-state index is 12.2. The highest BCUT2D eigenvalue weighted by molar-refractivity contribution is 5.85. The number of likely N-dealkylation sites (tertiary alicyclic amines) is 1. The molecule has 18 heavy (non-hydrogen) atoms. The van der Waals surface area contributed by atoms with Crippen LogP contribution in [0.3, 0.4) is 0 Å². The van der Waals surface area contributed by atoms with Crippen molar-refractivity contribution < 1.29 is 14.7 Å². The van der Waals surface area contributed by atoms with Gasteiger partial charge in [0, 0.05) is 25.6 Å². The number of amides is 1. The number of carbonyl (C=O) groups excluding carboxylic acids is 1. The van der Waals surface area contributed by atoms with E-state index in [2.05, 4.69) is 0 Å². The number of carbonyl (C=O) groups is 2. The highest BCUT2D eigenvalue weighted by atomic mass is 16.4. The van der Waals surface area contributed by atoms with E-state index >= 15 is 0 Å². The molecule has 0 atom stereocenters. The molecule has 0 aromatic carbocycles. The van der Waals surface area contributed by atoms with Crippen LogP contribution in [0.4, 0.5) is 0 Å². The fourth-order valence-corrected chi connectivity index (χ4v) is 2.43. The van der Waals surface area contributed by atoms with Gasteiger partial charge in [-0.05, 0) is 25.7 Å². The highest BCUT2D eigenvalue weighted by Gasteiger charge is 2.38. The van der Waals surface area contributed by atoms with Gasteiger partial charge >= 0.3 is 5.97 Å². The third kappa shape index (κ3) is 3.22. The van der Waals surface area contributed by atoms with Crippen molar-refractivity contribution in [3.05, 3.63) is 0 Å². The molecule has 1 aliphatic heterocycles. The molecule has 0 unspecified atom stereocenters. The lowest BCUT2D eigenvalue weighted by Gasteiger charge is -2.33. The second kappa shape index (κ2) is 6.18.